The maximum Gasteiger partial charge on any atom is 0.323 e. The number of carbonyl (C=O) groups is 1. The van der Waals surface area contributed by atoms with Crippen LogP contribution in [0, 0.1) is 13.8 Å². The van der Waals surface area contributed by atoms with E-state index in [1.807, 2.05) is 26.0 Å². The van der Waals surface area contributed by atoms with Gasteiger partial charge in [-0.3, -0.25) is 0 Å². The van der Waals surface area contributed by atoms with E-state index in [0.717, 1.165) is 22.6 Å². The van der Waals surface area contributed by atoms with Gasteiger partial charge in [0.05, 0.1) is 17.8 Å². The molecule has 2 rings (SSSR count). The highest BCUT2D eigenvalue weighted by atomic mass is 35.5. The van der Waals surface area contributed by atoms with Crippen LogP contribution in [-0.4, -0.2) is 13.1 Å². The van der Waals surface area contributed by atoms with Gasteiger partial charge in [0.25, 0.3) is 0 Å². The number of ether oxygens (including phenoxy) is 1. The summed E-state index contributed by atoms with van der Waals surface area (Å²) in [5.41, 5.74) is 3.25. The molecule has 2 aromatic rings. The Labute approximate surface area is 129 Å². The van der Waals surface area contributed by atoms with Gasteiger partial charge in [0, 0.05) is 5.69 Å². The lowest BCUT2D eigenvalue weighted by atomic mass is 10.2. The van der Waals surface area contributed by atoms with Crippen molar-refractivity contribution in [3.8, 4) is 5.75 Å². The Morgan fingerprint density at radius 1 is 1.05 bits per heavy atom. The maximum atomic E-state index is 12.0. The number of hydrogen-bond acceptors (Lipinski definition) is 2. The molecule has 2 amide bonds. The van der Waals surface area contributed by atoms with Crippen molar-refractivity contribution in [1.82, 2.24) is 0 Å². The molecule has 0 aliphatic carbocycles. The number of nitrogens with one attached hydrogen (secondary N) is 2. The summed E-state index contributed by atoms with van der Waals surface area (Å²) in [6.45, 7) is 3.84. The number of benzene rings is 2. The van der Waals surface area contributed by atoms with Gasteiger partial charge in [-0.25, -0.2) is 4.79 Å². The molecule has 2 aromatic carbocycles. The van der Waals surface area contributed by atoms with Gasteiger partial charge >= 0.3 is 6.03 Å². The van der Waals surface area contributed by atoms with E-state index in [9.17, 15) is 4.79 Å². The Morgan fingerprint density at radius 2 is 1.71 bits per heavy atom. The van der Waals surface area contributed by atoms with Crippen molar-refractivity contribution in [2.24, 2.45) is 0 Å². The monoisotopic (exact) mass is 304 g/mol. The zero-order valence-corrected chi connectivity index (χ0v) is 12.9. The minimum atomic E-state index is -0.339. The Hall–Kier alpha value is -2.20. The van der Waals surface area contributed by atoms with Crippen molar-refractivity contribution in [3.05, 3.63) is 52.5 Å². The van der Waals surface area contributed by atoms with Crippen LogP contribution < -0.4 is 15.4 Å². The molecule has 0 atom stereocenters. The van der Waals surface area contributed by atoms with E-state index in [0.29, 0.717) is 10.7 Å². The fourth-order valence-electron chi connectivity index (χ4n) is 1.90. The molecule has 0 aliphatic rings. The molecule has 0 saturated heterocycles. The summed E-state index contributed by atoms with van der Waals surface area (Å²) < 4.78 is 5.13. The van der Waals surface area contributed by atoms with Gasteiger partial charge in [-0.2, -0.15) is 0 Å². The van der Waals surface area contributed by atoms with Gasteiger partial charge < -0.3 is 15.4 Å². The first-order valence-electron chi connectivity index (χ1n) is 6.48. The van der Waals surface area contributed by atoms with E-state index in [1.54, 1.807) is 31.4 Å². The SMILES string of the molecule is COc1ccc(NC(=O)Nc2ccc(C)cc2Cl)c(C)c1. The van der Waals surface area contributed by atoms with Crippen LogP contribution in [0.15, 0.2) is 36.4 Å². The van der Waals surface area contributed by atoms with E-state index < -0.39 is 0 Å². The molecule has 5 heteroatoms. The molecule has 0 bridgehead atoms. The number of aryl methyl sites for hydroxylation is 2. The summed E-state index contributed by atoms with van der Waals surface area (Å²) in [6, 6.07) is 10.6. The summed E-state index contributed by atoms with van der Waals surface area (Å²) in [4.78, 5) is 12.0. The van der Waals surface area contributed by atoms with Crippen LogP contribution in [0.2, 0.25) is 5.02 Å². The molecule has 0 saturated carbocycles. The number of rotatable bonds is 3. The molecule has 0 aliphatic heterocycles. The van der Waals surface area contributed by atoms with Gasteiger partial charge in [0.1, 0.15) is 5.75 Å². The lowest BCUT2D eigenvalue weighted by Crippen LogP contribution is -2.20. The number of urea groups is 1. The number of methoxy groups -OCH3 is 1. The molecular formula is C16H17ClN2O2. The number of halogens is 1. The van der Waals surface area contributed by atoms with Gasteiger partial charge in [0.15, 0.2) is 0 Å². The minimum absolute atomic E-state index is 0.339. The third kappa shape index (κ3) is 3.89. The van der Waals surface area contributed by atoms with Crippen LogP contribution in [0.1, 0.15) is 11.1 Å². The van der Waals surface area contributed by atoms with Crippen molar-refractivity contribution in [1.29, 1.82) is 0 Å². The number of carbonyl (C=O) groups excluding carboxylic acids is 1. The fourth-order valence-corrected chi connectivity index (χ4v) is 2.18. The highest BCUT2D eigenvalue weighted by Gasteiger charge is 2.08. The van der Waals surface area contributed by atoms with Gasteiger partial charge in [0.2, 0.25) is 0 Å². The maximum absolute atomic E-state index is 12.0. The van der Waals surface area contributed by atoms with E-state index in [2.05, 4.69) is 10.6 Å². The quantitative estimate of drug-likeness (QED) is 0.870. The Kier molecular flexibility index (Phi) is 4.70. The Balaban J connectivity index is 2.08. The van der Waals surface area contributed by atoms with Gasteiger partial charge in [-0.05, 0) is 55.3 Å². The first-order valence-corrected chi connectivity index (χ1v) is 6.86. The lowest BCUT2D eigenvalue weighted by molar-refractivity contribution is 0.262. The van der Waals surface area contributed by atoms with E-state index in [4.69, 9.17) is 16.3 Å². The highest BCUT2D eigenvalue weighted by molar-refractivity contribution is 6.33. The summed E-state index contributed by atoms with van der Waals surface area (Å²) in [7, 11) is 1.61. The lowest BCUT2D eigenvalue weighted by Gasteiger charge is -2.12. The standard InChI is InChI=1S/C16H17ClN2O2/c1-10-4-6-15(13(17)8-10)19-16(20)18-14-7-5-12(21-3)9-11(14)2/h4-9H,1-3H3,(H2,18,19,20). The first-order chi connectivity index (χ1) is 9.99. The van der Waals surface area contributed by atoms with Crippen LogP contribution >= 0.6 is 11.6 Å². The van der Waals surface area contributed by atoms with Crippen LogP contribution in [0.4, 0.5) is 16.2 Å². The average Bonchev–Trinajstić information content (AvgIpc) is 2.44. The third-order valence-electron chi connectivity index (χ3n) is 3.05. The van der Waals surface area contributed by atoms with Crippen LogP contribution in [-0.2, 0) is 0 Å². The summed E-state index contributed by atoms with van der Waals surface area (Å²) in [6.07, 6.45) is 0. The summed E-state index contributed by atoms with van der Waals surface area (Å²) in [5.74, 6) is 0.750. The van der Waals surface area contributed by atoms with Gasteiger partial charge in [-0.1, -0.05) is 17.7 Å². The zero-order chi connectivity index (χ0) is 15.4. The highest BCUT2D eigenvalue weighted by Crippen LogP contribution is 2.24. The molecule has 0 spiro atoms. The van der Waals surface area contributed by atoms with Crippen molar-refractivity contribution in [2.45, 2.75) is 13.8 Å². The molecule has 0 heterocycles. The summed E-state index contributed by atoms with van der Waals surface area (Å²) in [5, 5.41) is 6.03. The Bertz CT molecular complexity index is 671. The molecule has 0 unspecified atom stereocenters. The number of anilines is 2. The molecule has 0 radical (unpaired) electrons. The zero-order valence-electron chi connectivity index (χ0n) is 12.2. The predicted molar refractivity (Wildman–Crippen MR) is 86.6 cm³/mol. The van der Waals surface area contributed by atoms with Crippen molar-refractivity contribution < 1.29 is 9.53 Å². The van der Waals surface area contributed by atoms with Gasteiger partial charge in [-0.15, -0.1) is 0 Å². The largest absolute Gasteiger partial charge is 0.497 e. The van der Waals surface area contributed by atoms with Crippen molar-refractivity contribution >= 4 is 29.0 Å². The van der Waals surface area contributed by atoms with E-state index in [1.165, 1.54) is 0 Å². The third-order valence-corrected chi connectivity index (χ3v) is 3.37. The molecule has 0 aromatic heterocycles. The second-order valence-corrected chi connectivity index (χ2v) is 5.15. The second-order valence-electron chi connectivity index (χ2n) is 4.74. The van der Waals surface area contributed by atoms with Crippen LogP contribution in [0.3, 0.4) is 0 Å². The Morgan fingerprint density at radius 3 is 2.33 bits per heavy atom. The molecule has 2 N–H and O–H groups in total. The average molecular weight is 305 g/mol. The topological polar surface area (TPSA) is 50.4 Å². The first kappa shape index (κ1) is 15.2. The van der Waals surface area contributed by atoms with Crippen LogP contribution in [0.5, 0.6) is 5.75 Å². The summed E-state index contributed by atoms with van der Waals surface area (Å²) >= 11 is 6.09. The minimum Gasteiger partial charge on any atom is -0.497 e. The van der Waals surface area contributed by atoms with E-state index in [-0.39, 0.29) is 6.03 Å². The van der Waals surface area contributed by atoms with E-state index >= 15 is 0 Å². The van der Waals surface area contributed by atoms with Crippen molar-refractivity contribution in [3.63, 3.8) is 0 Å². The molecule has 0 fully saturated rings. The predicted octanol–water partition coefficient (Wildman–Crippen LogP) is 4.61. The normalized spacial score (nSPS) is 10.1. The molecule has 21 heavy (non-hydrogen) atoms. The second kappa shape index (κ2) is 6.50. The number of amides is 2. The molecule has 110 valence electrons. The number of hydrogen-bond donors (Lipinski definition) is 2. The van der Waals surface area contributed by atoms with Crippen molar-refractivity contribution in [2.75, 3.05) is 17.7 Å². The molecular weight excluding hydrogens is 288 g/mol. The molecule has 4 nitrogen and oxygen atoms in total. The smallest absolute Gasteiger partial charge is 0.323 e. The fraction of sp³-hybridized carbons (Fsp3) is 0.188. The van der Waals surface area contributed by atoms with Crippen LogP contribution in [0.25, 0.3) is 0 Å².